The van der Waals surface area contributed by atoms with Crippen LogP contribution in [-0.4, -0.2) is 60.0 Å². The number of aliphatic hydroxyl groups is 1. The van der Waals surface area contributed by atoms with Crippen LogP contribution in [0.2, 0.25) is 0 Å². The molecule has 14 heavy (non-hydrogen) atoms. The summed E-state index contributed by atoms with van der Waals surface area (Å²) in [5.41, 5.74) is 0. The minimum atomic E-state index is -0.549. The van der Waals surface area contributed by atoms with Crippen molar-refractivity contribution >= 4 is 11.8 Å². The minimum Gasteiger partial charge on any atom is -0.392 e. The Hall–Kier alpha value is -1.10. The fraction of sp³-hybridized carbons (Fsp3) is 0.778. The molecular formula is C9H18N2O3. The van der Waals surface area contributed by atoms with Crippen LogP contribution in [0.4, 0.5) is 0 Å². The molecule has 0 aromatic heterocycles. The molecule has 0 spiro atoms. The van der Waals surface area contributed by atoms with Gasteiger partial charge in [-0.05, 0) is 6.92 Å². The molecule has 0 heterocycles. The molecule has 1 unspecified atom stereocenters. The lowest BCUT2D eigenvalue weighted by Crippen LogP contribution is -2.41. The van der Waals surface area contributed by atoms with Gasteiger partial charge in [-0.25, -0.2) is 0 Å². The summed E-state index contributed by atoms with van der Waals surface area (Å²) < 4.78 is 0. The molecule has 82 valence electrons. The molecule has 0 fully saturated rings. The maximum Gasteiger partial charge on any atom is 0.242 e. The van der Waals surface area contributed by atoms with E-state index < -0.39 is 6.10 Å². The van der Waals surface area contributed by atoms with E-state index in [1.165, 1.54) is 16.7 Å². The van der Waals surface area contributed by atoms with E-state index >= 15 is 0 Å². The largest absolute Gasteiger partial charge is 0.392 e. The second-order valence-electron chi connectivity index (χ2n) is 3.50. The average Bonchev–Trinajstić information content (AvgIpc) is 2.02. The zero-order valence-corrected chi connectivity index (χ0v) is 9.15. The summed E-state index contributed by atoms with van der Waals surface area (Å²) in [5.74, 6) is -0.326. The lowest BCUT2D eigenvalue weighted by Gasteiger charge is -2.22. The Balaban J connectivity index is 4.01. The lowest BCUT2D eigenvalue weighted by molar-refractivity contribution is -0.138. The fourth-order valence-corrected chi connectivity index (χ4v) is 0.933. The number of likely N-dealkylation sites (N-methyl/N-ethyl adjacent to an activating group) is 2. The zero-order chi connectivity index (χ0) is 11.3. The highest BCUT2D eigenvalue weighted by Gasteiger charge is 2.14. The van der Waals surface area contributed by atoms with Gasteiger partial charge in [-0.15, -0.1) is 0 Å². The van der Waals surface area contributed by atoms with Gasteiger partial charge in [-0.1, -0.05) is 0 Å². The van der Waals surface area contributed by atoms with Crippen LogP contribution < -0.4 is 0 Å². The standard InChI is InChI=1S/C9H18N2O3/c1-7(12)5-11(4)9(14)6-10(3)8(2)13/h7,12H,5-6H2,1-4H3. The van der Waals surface area contributed by atoms with Gasteiger partial charge in [-0.2, -0.15) is 0 Å². The van der Waals surface area contributed by atoms with E-state index in [1.54, 1.807) is 21.0 Å². The van der Waals surface area contributed by atoms with Crippen molar-refractivity contribution in [3.63, 3.8) is 0 Å². The molecule has 0 rings (SSSR count). The summed E-state index contributed by atoms with van der Waals surface area (Å²) in [7, 11) is 3.17. The van der Waals surface area contributed by atoms with Crippen molar-refractivity contribution in [2.24, 2.45) is 0 Å². The van der Waals surface area contributed by atoms with Crippen molar-refractivity contribution in [2.45, 2.75) is 20.0 Å². The summed E-state index contributed by atoms with van der Waals surface area (Å²) >= 11 is 0. The molecule has 0 aliphatic carbocycles. The third-order valence-electron chi connectivity index (χ3n) is 1.87. The molecule has 0 saturated carbocycles. The maximum atomic E-state index is 11.4. The van der Waals surface area contributed by atoms with Crippen molar-refractivity contribution in [3.8, 4) is 0 Å². The molecule has 0 aliphatic heterocycles. The minimum absolute atomic E-state index is 0.0541. The summed E-state index contributed by atoms with van der Waals surface area (Å²) in [6.45, 7) is 3.35. The number of hydrogen-bond donors (Lipinski definition) is 1. The molecule has 1 atom stereocenters. The van der Waals surface area contributed by atoms with Gasteiger partial charge in [0, 0.05) is 27.6 Å². The van der Waals surface area contributed by atoms with Crippen molar-refractivity contribution in [3.05, 3.63) is 0 Å². The molecule has 5 heteroatoms. The van der Waals surface area contributed by atoms with Crippen LogP contribution in [0.15, 0.2) is 0 Å². The number of carbonyl (C=O) groups excluding carboxylic acids is 2. The lowest BCUT2D eigenvalue weighted by atomic mass is 10.3. The number of hydrogen-bond acceptors (Lipinski definition) is 3. The quantitative estimate of drug-likeness (QED) is 0.656. The van der Waals surface area contributed by atoms with Crippen LogP contribution in [0, 0.1) is 0 Å². The second-order valence-corrected chi connectivity index (χ2v) is 3.50. The van der Waals surface area contributed by atoms with E-state index in [2.05, 4.69) is 0 Å². The SMILES string of the molecule is CC(=O)N(C)CC(=O)N(C)CC(C)O. The Morgan fingerprint density at radius 3 is 2.14 bits per heavy atom. The van der Waals surface area contributed by atoms with Crippen LogP contribution in [0.5, 0.6) is 0 Å². The van der Waals surface area contributed by atoms with Crippen LogP contribution in [0.3, 0.4) is 0 Å². The fourth-order valence-electron chi connectivity index (χ4n) is 0.933. The summed E-state index contributed by atoms with van der Waals surface area (Å²) in [6.07, 6.45) is -0.549. The number of nitrogens with zero attached hydrogens (tertiary/aromatic N) is 2. The molecule has 5 nitrogen and oxygen atoms in total. The smallest absolute Gasteiger partial charge is 0.242 e. The van der Waals surface area contributed by atoms with E-state index in [4.69, 9.17) is 5.11 Å². The third kappa shape index (κ3) is 4.81. The first-order chi connectivity index (χ1) is 6.34. The van der Waals surface area contributed by atoms with Crippen molar-refractivity contribution in [2.75, 3.05) is 27.2 Å². The number of amides is 2. The van der Waals surface area contributed by atoms with E-state index in [1.807, 2.05) is 0 Å². The number of rotatable bonds is 4. The molecule has 0 aromatic carbocycles. The molecule has 0 radical (unpaired) electrons. The van der Waals surface area contributed by atoms with Gasteiger partial charge >= 0.3 is 0 Å². The Morgan fingerprint density at radius 1 is 1.29 bits per heavy atom. The van der Waals surface area contributed by atoms with Crippen LogP contribution >= 0.6 is 0 Å². The first kappa shape index (κ1) is 12.9. The predicted octanol–water partition coefficient (Wildman–Crippen LogP) is -0.696. The normalized spacial score (nSPS) is 12.1. The number of carbonyl (C=O) groups is 2. The summed E-state index contributed by atoms with van der Waals surface area (Å²) in [5, 5.41) is 9.04. The monoisotopic (exact) mass is 202 g/mol. The Kier molecular flexibility index (Phi) is 5.15. The van der Waals surface area contributed by atoms with Gasteiger partial charge in [-0.3, -0.25) is 9.59 Å². The van der Waals surface area contributed by atoms with Crippen LogP contribution in [0.1, 0.15) is 13.8 Å². The Morgan fingerprint density at radius 2 is 1.79 bits per heavy atom. The van der Waals surface area contributed by atoms with Gasteiger partial charge in [0.15, 0.2) is 0 Å². The van der Waals surface area contributed by atoms with Crippen molar-refractivity contribution in [1.82, 2.24) is 9.80 Å². The predicted molar refractivity (Wildman–Crippen MR) is 52.6 cm³/mol. The highest BCUT2D eigenvalue weighted by Crippen LogP contribution is 1.92. The molecule has 0 saturated heterocycles. The van der Waals surface area contributed by atoms with Crippen LogP contribution in [-0.2, 0) is 9.59 Å². The van der Waals surface area contributed by atoms with Crippen LogP contribution in [0.25, 0.3) is 0 Å². The molecule has 0 aromatic rings. The second kappa shape index (κ2) is 5.59. The van der Waals surface area contributed by atoms with E-state index in [9.17, 15) is 9.59 Å². The topological polar surface area (TPSA) is 60.9 Å². The summed E-state index contributed by atoms with van der Waals surface area (Å²) in [6, 6.07) is 0. The molecule has 2 amide bonds. The van der Waals surface area contributed by atoms with Gasteiger partial charge in [0.1, 0.15) is 0 Å². The van der Waals surface area contributed by atoms with Crippen molar-refractivity contribution < 1.29 is 14.7 Å². The Labute approximate surface area is 84.3 Å². The van der Waals surface area contributed by atoms with Gasteiger partial charge in [0.25, 0.3) is 0 Å². The third-order valence-corrected chi connectivity index (χ3v) is 1.87. The first-order valence-corrected chi connectivity index (χ1v) is 4.48. The van der Waals surface area contributed by atoms with Gasteiger partial charge < -0.3 is 14.9 Å². The molecule has 0 aliphatic rings. The highest BCUT2D eigenvalue weighted by atomic mass is 16.3. The van der Waals surface area contributed by atoms with E-state index in [0.29, 0.717) is 0 Å². The Bertz CT molecular complexity index is 216. The molecule has 0 bridgehead atoms. The van der Waals surface area contributed by atoms with Crippen molar-refractivity contribution in [1.29, 1.82) is 0 Å². The van der Waals surface area contributed by atoms with E-state index in [-0.39, 0.29) is 24.9 Å². The number of aliphatic hydroxyl groups excluding tert-OH is 1. The maximum absolute atomic E-state index is 11.4. The summed E-state index contributed by atoms with van der Waals surface area (Å²) in [4.78, 5) is 25.0. The highest BCUT2D eigenvalue weighted by molar-refractivity contribution is 5.83. The van der Waals surface area contributed by atoms with Gasteiger partial charge in [0.2, 0.25) is 11.8 Å². The molecule has 1 N–H and O–H groups in total. The van der Waals surface area contributed by atoms with E-state index in [0.717, 1.165) is 0 Å². The first-order valence-electron chi connectivity index (χ1n) is 4.48. The average molecular weight is 202 g/mol. The van der Waals surface area contributed by atoms with Gasteiger partial charge in [0.05, 0.1) is 12.6 Å². The zero-order valence-electron chi connectivity index (χ0n) is 9.15. The molecular weight excluding hydrogens is 184 g/mol.